The molecule has 3 amide bonds. The highest BCUT2D eigenvalue weighted by Gasteiger charge is 2.36. The Bertz CT molecular complexity index is 1010. The number of carbonyl (C=O) groups is 3. The van der Waals surface area contributed by atoms with E-state index in [-0.39, 0.29) is 10.8 Å². The number of rotatable bonds is 3. The predicted molar refractivity (Wildman–Crippen MR) is 95.7 cm³/mol. The third-order valence-electron chi connectivity index (χ3n) is 4.00. The Morgan fingerprint density at radius 1 is 0.962 bits per heavy atom. The number of nitrogens with zero attached hydrogens (tertiary/aromatic N) is 1. The number of halogens is 1. The van der Waals surface area contributed by atoms with Gasteiger partial charge in [0, 0.05) is 0 Å². The van der Waals surface area contributed by atoms with Crippen molar-refractivity contribution >= 4 is 40.7 Å². The molecule has 0 radical (unpaired) electrons. The molecule has 7 heteroatoms. The molecular weight excluding hydrogens is 356 g/mol. The fourth-order valence-corrected chi connectivity index (χ4v) is 2.98. The SMILES string of the molecule is O=C(Nc1ccc(N2C(=O)c3ccccc3C2=O)cc1Cl)c1ccco1. The summed E-state index contributed by atoms with van der Waals surface area (Å²) >= 11 is 6.23. The zero-order valence-electron chi connectivity index (χ0n) is 13.2. The van der Waals surface area contributed by atoms with Crippen molar-refractivity contribution < 1.29 is 18.8 Å². The summed E-state index contributed by atoms with van der Waals surface area (Å²) < 4.78 is 5.02. The normalized spacial score (nSPS) is 13.0. The summed E-state index contributed by atoms with van der Waals surface area (Å²) in [5.74, 6) is -1.13. The van der Waals surface area contributed by atoms with Crippen molar-refractivity contribution in [3.05, 3.63) is 82.8 Å². The van der Waals surface area contributed by atoms with E-state index in [1.165, 1.54) is 24.5 Å². The van der Waals surface area contributed by atoms with Crippen molar-refractivity contribution in [1.29, 1.82) is 0 Å². The number of fused-ring (bicyclic) bond motifs is 1. The first-order chi connectivity index (χ1) is 12.6. The van der Waals surface area contributed by atoms with Crippen molar-refractivity contribution in [3.63, 3.8) is 0 Å². The first kappa shape index (κ1) is 16.1. The van der Waals surface area contributed by atoms with E-state index in [9.17, 15) is 14.4 Å². The maximum absolute atomic E-state index is 12.5. The number of furan rings is 1. The number of hydrogen-bond acceptors (Lipinski definition) is 4. The van der Waals surface area contributed by atoms with Gasteiger partial charge >= 0.3 is 0 Å². The van der Waals surface area contributed by atoms with Crippen LogP contribution >= 0.6 is 11.6 Å². The summed E-state index contributed by atoms with van der Waals surface area (Å²) in [5.41, 5.74) is 1.37. The second kappa shape index (κ2) is 6.16. The highest BCUT2D eigenvalue weighted by atomic mass is 35.5. The van der Waals surface area contributed by atoms with Crippen LogP contribution in [0.15, 0.2) is 65.3 Å². The number of imide groups is 1. The number of nitrogens with one attached hydrogen (secondary N) is 1. The highest BCUT2D eigenvalue weighted by Crippen LogP contribution is 2.33. The Morgan fingerprint density at radius 3 is 2.23 bits per heavy atom. The molecule has 128 valence electrons. The van der Waals surface area contributed by atoms with Crippen LogP contribution < -0.4 is 10.2 Å². The van der Waals surface area contributed by atoms with E-state index in [0.717, 1.165) is 4.90 Å². The molecule has 3 aromatic rings. The largest absolute Gasteiger partial charge is 0.459 e. The minimum Gasteiger partial charge on any atom is -0.459 e. The maximum Gasteiger partial charge on any atom is 0.291 e. The number of anilines is 2. The molecule has 0 unspecified atom stereocenters. The summed E-state index contributed by atoms with van der Waals surface area (Å²) in [6.45, 7) is 0. The van der Waals surface area contributed by atoms with E-state index in [2.05, 4.69) is 5.32 Å². The number of amides is 3. The maximum atomic E-state index is 12.5. The molecule has 2 heterocycles. The van der Waals surface area contributed by atoms with Crippen molar-refractivity contribution in [2.75, 3.05) is 10.2 Å². The lowest BCUT2D eigenvalue weighted by Crippen LogP contribution is -2.29. The van der Waals surface area contributed by atoms with Gasteiger partial charge < -0.3 is 9.73 Å². The monoisotopic (exact) mass is 366 g/mol. The molecule has 0 saturated carbocycles. The van der Waals surface area contributed by atoms with Gasteiger partial charge in [0.1, 0.15) is 0 Å². The Labute approximate surface area is 153 Å². The average molecular weight is 367 g/mol. The van der Waals surface area contributed by atoms with Gasteiger partial charge in [0.15, 0.2) is 5.76 Å². The minimum atomic E-state index is -0.453. The van der Waals surface area contributed by atoms with E-state index < -0.39 is 17.7 Å². The smallest absolute Gasteiger partial charge is 0.291 e. The second-order valence-corrected chi connectivity index (χ2v) is 5.99. The van der Waals surface area contributed by atoms with E-state index in [0.29, 0.717) is 22.5 Å². The van der Waals surface area contributed by atoms with Crippen LogP contribution in [0, 0.1) is 0 Å². The van der Waals surface area contributed by atoms with Gasteiger partial charge in [0.05, 0.1) is 33.8 Å². The summed E-state index contributed by atoms with van der Waals surface area (Å²) in [7, 11) is 0. The molecule has 0 saturated heterocycles. The first-order valence-corrected chi connectivity index (χ1v) is 8.06. The van der Waals surface area contributed by atoms with Crippen LogP contribution in [0.1, 0.15) is 31.3 Å². The summed E-state index contributed by atoms with van der Waals surface area (Å²) in [6.07, 6.45) is 1.39. The molecule has 2 aromatic carbocycles. The van der Waals surface area contributed by atoms with Crippen LogP contribution in [0.2, 0.25) is 5.02 Å². The van der Waals surface area contributed by atoms with Gasteiger partial charge in [0.2, 0.25) is 0 Å². The first-order valence-electron chi connectivity index (χ1n) is 7.68. The fraction of sp³-hybridized carbons (Fsp3) is 0. The van der Waals surface area contributed by atoms with Gasteiger partial charge in [-0.3, -0.25) is 14.4 Å². The molecule has 0 atom stereocenters. The molecule has 6 nitrogen and oxygen atoms in total. The van der Waals surface area contributed by atoms with E-state index in [1.807, 2.05) is 0 Å². The average Bonchev–Trinajstić information content (AvgIpc) is 3.26. The van der Waals surface area contributed by atoms with Crippen molar-refractivity contribution in [2.45, 2.75) is 0 Å². The van der Waals surface area contributed by atoms with Crippen LogP contribution in [-0.2, 0) is 0 Å². The Kier molecular flexibility index (Phi) is 3.82. The van der Waals surface area contributed by atoms with Crippen LogP contribution in [0.4, 0.5) is 11.4 Å². The lowest BCUT2D eigenvalue weighted by Gasteiger charge is -2.15. The molecule has 1 aromatic heterocycles. The van der Waals surface area contributed by atoms with Crippen LogP contribution in [0.3, 0.4) is 0 Å². The minimum absolute atomic E-state index is 0.144. The fourth-order valence-electron chi connectivity index (χ4n) is 2.76. The zero-order chi connectivity index (χ0) is 18.3. The zero-order valence-corrected chi connectivity index (χ0v) is 14.0. The molecule has 1 aliphatic rings. The molecule has 0 spiro atoms. The molecule has 1 aliphatic heterocycles. The third-order valence-corrected chi connectivity index (χ3v) is 4.31. The quantitative estimate of drug-likeness (QED) is 0.711. The van der Waals surface area contributed by atoms with Gasteiger partial charge in [-0.05, 0) is 42.5 Å². The number of hydrogen-bond donors (Lipinski definition) is 1. The lowest BCUT2D eigenvalue weighted by molar-refractivity contribution is 0.0924. The van der Waals surface area contributed by atoms with Crippen LogP contribution in [-0.4, -0.2) is 17.7 Å². The molecule has 4 rings (SSSR count). The predicted octanol–water partition coefficient (Wildman–Crippen LogP) is 3.99. The van der Waals surface area contributed by atoms with Gasteiger partial charge in [-0.15, -0.1) is 0 Å². The molecular formula is C19H11ClN2O4. The molecule has 26 heavy (non-hydrogen) atoms. The van der Waals surface area contributed by atoms with E-state index in [4.69, 9.17) is 16.0 Å². The van der Waals surface area contributed by atoms with Crippen molar-refractivity contribution in [1.82, 2.24) is 0 Å². The summed E-state index contributed by atoms with van der Waals surface area (Å²) in [4.78, 5) is 38.1. The highest BCUT2D eigenvalue weighted by molar-refractivity contribution is 6.36. The van der Waals surface area contributed by atoms with Gasteiger partial charge in [-0.25, -0.2) is 4.90 Å². The van der Waals surface area contributed by atoms with Crippen LogP contribution in [0.5, 0.6) is 0 Å². The molecule has 0 fully saturated rings. The second-order valence-electron chi connectivity index (χ2n) is 5.59. The van der Waals surface area contributed by atoms with Crippen molar-refractivity contribution in [3.8, 4) is 0 Å². The third kappa shape index (κ3) is 2.57. The Hall–Kier alpha value is -3.38. The number of benzene rings is 2. The Morgan fingerprint density at radius 2 is 1.65 bits per heavy atom. The van der Waals surface area contributed by atoms with Crippen molar-refractivity contribution in [2.24, 2.45) is 0 Å². The van der Waals surface area contributed by atoms with E-state index >= 15 is 0 Å². The molecule has 0 bridgehead atoms. The Balaban J connectivity index is 1.62. The van der Waals surface area contributed by atoms with Gasteiger partial charge in [-0.2, -0.15) is 0 Å². The molecule has 0 aliphatic carbocycles. The van der Waals surface area contributed by atoms with Gasteiger partial charge in [-0.1, -0.05) is 23.7 Å². The topological polar surface area (TPSA) is 79.6 Å². The standard InChI is InChI=1S/C19H11ClN2O4/c20-14-10-11(7-8-15(14)21-17(23)16-6-3-9-26-16)22-18(24)12-4-1-2-5-13(12)19(22)25/h1-10H,(H,21,23). The molecule has 1 N–H and O–H groups in total. The summed E-state index contributed by atoms with van der Waals surface area (Å²) in [5, 5.41) is 2.81. The van der Waals surface area contributed by atoms with Gasteiger partial charge in [0.25, 0.3) is 17.7 Å². The van der Waals surface area contributed by atoms with E-state index in [1.54, 1.807) is 36.4 Å². The van der Waals surface area contributed by atoms with Crippen LogP contribution in [0.25, 0.3) is 0 Å². The lowest BCUT2D eigenvalue weighted by atomic mass is 10.1. The summed E-state index contributed by atoms with van der Waals surface area (Å²) in [6, 6.07) is 14.3. The number of carbonyl (C=O) groups excluding carboxylic acids is 3.